The maximum Gasteiger partial charge on any atom is 0.573 e. The first-order chi connectivity index (χ1) is 16.5. The molecule has 4 rings (SSSR count). The summed E-state index contributed by atoms with van der Waals surface area (Å²) in [5.74, 6) is 0.361. The Kier molecular flexibility index (Phi) is 7.86. The second-order valence-electron chi connectivity index (χ2n) is 8.05. The smallest absolute Gasteiger partial charge is 0.497 e. The van der Waals surface area contributed by atoms with E-state index < -0.39 is 6.36 Å². The fourth-order valence-corrected chi connectivity index (χ4v) is 3.66. The van der Waals surface area contributed by atoms with E-state index in [1.807, 2.05) is 24.9 Å². The van der Waals surface area contributed by atoms with Crippen LogP contribution < -0.4 is 25.0 Å². The maximum absolute atomic E-state index is 12.8. The summed E-state index contributed by atoms with van der Waals surface area (Å²) in [7, 11) is 3.20. The number of carbonyl (C=O) groups excluding carboxylic acids is 1. The molecule has 3 aromatic rings. The number of likely N-dealkylation sites (N-methyl/N-ethyl adjacent to an activating group) is 1. The van der Waals surface area contributed by atoms with Crippen molar-refractivity contribution in [2.24, 2.45) is 0 Å². The van der Waals surface area contributed by atoms with Crippen LogP contribution >= 0.6 is 13.5 Å². The number of ether oxygens (including phenoxy) is 2. The summed E-state index contributed by atoms with van der Waals surface area (Å²) in [5.41, 5.74) is 3.00. The molecular formula is C22H26F3N7O3S. The van der Waals surface area contributed by atoms with E-state index in [0.717, 1.165) is 5.69 Å². The summed E-state index contributed by atoms with van der Waals surface area (Å²) in [6.45, 7) is 3.92. The van der Waals surface area contributed by atoms with Crippen molar-refractivity contribution in [2.75, 3.05) is 29.7 Å². The number of rotatable bonds is 7. The van der Waals surface area contributed by atoms with Gasteiger partial charge < -0.3 is 25.0 Å². The van der Waals surface area contributed by atoms with Gasteiger partial charge in [-0.2, -0.15) is 13.5 Å². The molecule has 0 bridgehead atoms. The molecule has 1 aliphatic heterocycles. The largest absolute Gasteiger partial charge is 0.573 e. The van der Waals surface area contributed by atoms with Crippen LogP contribution in [0.15, 0.2) is 30.5 Å². The highest BCUT2D eigenvalue weighted by atomic mass is 32.1. The highest BCUT2D eigenvalue weighted by Gasteiger charge is 2.32. The molecule has 14 heteroatoms. The Labute approximate surface area is 212 Å². The number of nitrogens with zero attached hydrogens (tertiary/aromatic N) is 5. The first-order valence-corrected chi connectivity index (χ1v) is 10.6. The minimum absolute atomic E-state index is 0. The van der Waals surface area contributed by atoms with Crippen molar-refractivity contribution in [3.05, 3.63) is 47.4 Å². The Morgan fingerprint density at radius 1 is 1.25 bits per heavy atom. The number of benzene rings is 1. The van der Waals surface area contributed by atoms with E-state index in [4.69, 9.17) is 4.74 Å². The van der Waals surface area contributed by atoms with Crippen LogP contribution in [0.3, 0.4) is 0 Å². The molecule has 2 aromatic heterocycles. The van der Waals surface area contributed by atoms with E-state index in [-0.39, 0.29) is 55.6 Å². The number of hydrogen-bond acceptors (Lipinski definition) is 8. The Morgan fingerprint density at radius 2 is 2.00 bits per heavy atom. The van der Waals surface area contributed by atoms with E-state index in [2.05, 4.69) is 30.7 Å². The van der Waals surface area contributed by atoms with Gasteiger partial charge in [0.1, 0.15) is 29.1 Å². The molecule has 1 aliphatic rings. The molecule has 0 unspecified atom stereocenters. The highest BCUT2D eigenvalue weighted by molar-refractivity contribution is 7.59. The SMILES string of the molecule is COc1ccc(Cn2cc(CNc3cc4c(c(C)n3)NC(=O)[C@H](C)N4C)nn2)c(OC(F)(F)F)c1.S. The summed E-state index contributed by atoms with van der Waals surface area (Å²) in [5, 5.41) is 14.1. The van der Waals surface area contributed by atoms with Crippen molar-refractivity contribution in [1.29, 1.82) is 0 Å². The van der Waals surface area contributed by atoms with Crippen LogP contribution in [-0.2, 0) is 17.9 Å². The van der Waals surface area contributed by atoms with Gasteiger partial charge in [-0.15, -0.1) is 18.3 Å². The number of nitrogens with one attached hydrogen (secondary N) is 2. The first-order valence-electron chi connectivity index (χ1n) is 10.6. The predicted molar refractivity (Wildman–Crippen MR) is 132 cm³/mol. The van der Waals surface area contributed by atoms with Gasteiger partial charge in [0, 0.05) is 24.7 Å². The van der Waals surface area contributed by atoms with Crippen LogP contribution in [0.25, 0.3) is 0 Å². The van der Waals surface area contributed by atoms with Crippen LogP contribution in [0.5, 0.6) is 11.5 Å². The van der Waals surface area contributed by atoms with Crippen LogP contribution in [0.4, 0.5) is 30.4 Å². The number of aromatic nitrogens is 4. The molecule has 3 heterocycles. The molecule has 36 heavy (non-hydrogen) atoms. The molecule has 1 amide bonds. The second kappa shape index (κ2) is 10.5. The molecule has 0 spiro atoms. The topological polar surface area (TPSA) is 106 Å². The number of hydrogen-bond donors (Lipinski definition) is 2. The summed E-state index contributed by atoms with van der Waals surface area (Å²) >= 11 is 0. The fraction of sp³-hybridized carbons (Fsp3) is 0.364. The molecule has 1 aromatic carbocycles. The minimum Gasteiger partial charge on any atom is -0.497 e. The number of halogens is 3. The van der Waals surface area contributed by atoms with E-state index in [9.17, 15) is 18.0 Å². The average molecular weight is 526 g/mol. The Morgan fingerprint density at radius 3 is 2.69 bits per heavy atom. The quantitative estimate of drug-likeness (QED) is 0.483. The number of anilines is 3. The average Bonchev–Trinajstić information content (AvgIpc) is 3.24. The Bertz CT molecular complexity index is 1250. The molecule has 2 N–H and O–H groups in total. The standard InChI is InChI=1S/C22H24F3N7O3.H2S/c1-12-20-17(31(3)13(2)21(33)28-20)8-19(27-12)26-9-15-11-32(30-29-15)10-14-5-6-16(34-4)7-18(14)35-22(23,24)25;/h5-8,11,13H,9-10H2,1-4H3,(H,26,27)(H,28,33);1H2/t13-;/m0./s1. The number of fused-ring (bicyclic) bond motifs is 1. The minimum atomic E-state index is -4.84. The third kappa shape index (κ3) is 5.93. The molecule has 1 atom stereocenters. The van der Waals surface area contributed by atoms with Gasteiger partial charge in [-0.3, -0.25) is 4.79 Å². The van der Waals surface area contributed by atoms with Crippen LogP contribution in [0.1, 0.15) is 23.9 Å². The Balaban J connectivity index is 0.00000361. The first kappa shape index (κ1) is 26.9. The fourth-order valence-electron chi connectivity index (χ4n) is 3.66. The molecule has 0 saturated heterocycles. The number of amides is 1. The van der Waals surface area contributed by atoms with Gasteiger partial charge in [0.05, 0.1) is 43.5 Å². The van der Waals surface area contributed by atoms with Crippen molar-refractivity contribution in [1.82, 2.24) is 20.0 Å². The summed E-state index contributed by atoms with van der Waals surface area (Å²) in [6.07, 6.45) is -3.22. The number of alkyl halides is 3. The predicted octanol–water partition coefficient (Wildman–Crippen LogP) is 3.44. The third-order valence-corrected chi connectivity index (χ3v) is 5.64. The molecule has 0 radical (unpaired) electrons. The molecule has 0 saturated carbocycles. The van der Waals surface area contributed by atoms with Crippen LogP contribution in [0, 0.1) is 6.92 Å². The normalized spacial score (nSPS) is 15.0. The van der Waals surface area contributed by atoms with Crippen LogP contribution in [-0.4, -0.2) is 52.4 Å². The molecule has 0 aliphatic carbocycles. The Hall–Kier alpha value is -3.68. The van der Waals surface area contributed by atoms with E-state index in [1.165, 1.54) is 23.9 Å². The maximum atomic E-state index is 12.8. The number of carbonyl (C=O) groups is 1. The summed E-state index contributed by atoms with van der Waals surface area (Å²) < 4.78 is 49.0. The monoisotopic (exact) mass is 525 g/mol. The van der Waals surface area contributed by atoms with Gasteiger partial charge in [0.25, 0.3) is 0 Å². The van der Waals surface area contributed by atoms with Crippen LogP contribution in [0.2, 0.25) is 0 Å². The molecule has 194 valence electrons. The third-order valence-electron chi connectivity index (χ3n) is 5.64. The zero-order valence-corrected chi connectivity index (χ0v) is 21.0. The highest BCUT2D eigenvalue weighted by Crippen LogP contribution is 2.35. The van der Waals surface area contributed by atoms with E-state index in [0.29, 0.717) is 22.9 Å². The molecule has 0 fully saturated rings. The lowest BCUT2D eigenvalue weighted by molar-refractivity contribution is -0.274. The van der Waals surface area contributed by atoms with Crippen molar-refractivity contribution in [3.8, 4) is 11.5 Å². The van der Waals surface area contributed by atoms with E-state index >= 15 is 0 Å². The van der Waals surface area contributed by atoms with Gasteiger partial charge in [-0.25, -0.2) is 9.67 Å². The van der Waals surface area contributed by atoms with Crippen molar-refractivity contribution in [3.63, 3.8) is 0 Å². The van der Waals surface area contributed by atoms with Gasteiger partial charge in [-0.1, -0.05) is 5.21 Å². The number of pyridine rings is 1. The van der Waals surface area contributed by atoms with Crippen molar-refractivity contribution >= 4 is 36.6 Å². The van der Waals surface area contributed by atoms with Gasteiger partial charge in [0.15, 0.2) is 0 Å². The van der Waals surface area contributed by atoms with Gasteiger partial charge in [0.2, 0.25) is 5.91 Å². The van der Waals surface area contributed by atoms with Gasteiger partial charge >= 0.3 is 6.36 Å². The zero-order chi connectivity index (χ0) is 25.3. The summed E-state index contributed by atoms with van der Waals surface area (Å²) in [4.78, 5) is 18.5. The zero-order valence-electron chi connectivity index (χ0n) is 20.0. The molecular weight excluding hydrogens is 499 g/mol. The number of aryl methyl sites for hydroxylation is 1. The lowest BCUT2D eigenvalue weighted by Crippen LogP contribution is -2.44. The number of methoxy groups -OCH3 is 1. The second-order valence-corrected chi connectivity index (χ2v) is 8.05. The van der Waals surface area contributed by atoms with Gasteiger partial charge in [-0.05, 0) is 26.0 Å². The lowest BCUT2D eigenvalue weighted by Gasteiger charge is -2.34. The van der Waals surface area contributed by atoms with E-state index in [1.54, 1.807) is 19.2 Å². The lowest BCUT2D eigenvalue weighted by atomic mass is 10.1. The molecule has 10 nitrogen and oxygen atoms in total. The van der Waals surface area contributed by atoms with Crippen molar-refractivity contribution < 1.29 is 27.4 Å². The van der Waals surface area contributed by atoms with Crippen molar-refractivity contribution in [2.45, 2.75) is 39.3 Å². The summed E-state index contributed by atoms with van der Waals surface area (Å²) in [6, 6.07) is 5.71.